The van der Waals surface area contributed by atoms with Crippen molar-refractivity contribution < 1.29 is 8.42 Å². The summed E-state index contributed by atoms with van der Waals surface area (Å²) in [7, 11) is -1.01. The lowest BCUT2D eigenvalue weighted by molar-refractivity contribution is 0.271. The molecule has 0 spiro atoms. The van der Waals surface area contributed by atoms with Crippen LogP contribution in [0.3, 0.4) is 0 Å². The summed E-state index contributed by atoms with van der Waals surface area (Å²) in [6.07, 6.45) is 1.97. The number of hydrogen-bond acceptors (Lipinski definition) is 3. The van der Waals surface area contributed by atoms with Crippen molar-refractivity contribution in [2.24, 2.45) is 5.92 Å². The van der Waals surface area contributed by atoms with Crippen LogP contribution in [-0.2, 0) is 10.0 Å². The molecule has 1 N–H and O–H groups in total. The van der Waals surface area contributed by atoms with Gasteiger partial charge in [-0.3, -0.25) is 0 Å². The van der Waals surface area contributed by atoms with E-state index >= 15 is 0 Å². The van der Waals surface area contributed by atoms with Crippen molar-refractivity contribution in [1.82, 2.24) is 9.62 Å². The summed E-state index contributed by atoms with van der Waals surface area (Å²) in [5.74, 6) is 0.868. The number of halogens is 1. The molecule has 1 fully saturated rings. The average Bonchev–Trinajstić information content (AvgIpc) is 2.19. The van der Waals surface area contributed by atoms with Crippen molar-refractivity contribution in [1.29, 1.82) is 0 Å². The SMILES string of the molecule is CCS(=O)(=O)N1CCC(CNC)CC1.Cl. The highest BCUT2D eigenvalue weighted by atomic mass is 35.5. The molecule has 4 nitrogen and oxygen atoms in total. The first-order valence-corrected chi connectivity index (χ1v) is 6.83. The van der Waals surface area contributed by atoms with Gasteiger partial charge in [-0.25, -0.2) is 12.7 Å². The van der Waals surface area contributed by atoms with Crippen LogP contribution in [0.5, 0.6) is 0 Å². The highest BCUT2D eigenvalue weighted by Crippen LogP contribution is 2.18. The number of hydrogen-bond donors (Lipinski definition) is 1. The lowest BCUT2D eigenvalue weighted by atomic mass is 9.98. The van der Waals surface area contributed by atoms with Crippen LogP contribution in [0.1, 0.15) is 19.8 Å². The Hall–Kier alpha value is 0.160. The molecule has 0 unspecified atom stereocenters. The Morgan fingerprint density at radius 1 is 1.33 bits per heavy atom. The molecule has 0 aromatic heterocycles. The Morgan fingerprint density at radius 2 is 1.87 bits per heavy atom. The Morgan fingerprint density at radius 3 is 2.27 bits per heavy atom. The van der Waals surface area contributed by atoms with E-state index in [1.165, 1.54) is 0 Å². The van der Waals surface area contributed by atoms with Crippen molar-refractivity contribution in [2.45, 2.75) is 19.8 Å². The number of nitrogens with zero attached hydrogens (tertiary/aromatic N) is 1. The van der Waals surface area contributed by atoms with E-state index < -0.39 is 10.0 Å². The summed E-state index contributed by atoms with van der Waals surface area (Å²) in [4.78, 5) is 0. The number of sulfonamides is 1. The Balaban J connectivity index is 0.00000196. The molecule has 1 aliphatic rings. The molecule has 1 aliphatic heterocycles. The molecule has 0 radical (unpaired) electrons. The van der Waals surface area contributed by atoms with Gasteiger partial charge < -0.3 is 5.32 Å². The van der Waals surface area contributed by atoms with Crippen molar-refractivity contribution in [3.05, 3.63) is 0 Å². The van der Waals surface area contributed by atoms with Gasteiger partial charge in [-0.2, -0.15) is 0 Å². The van der Waals surface area contributed by atoms with E-state index in [4.69, 9.17) is 0 Å². The van der Waals surface area contributed by atoms with Crippen molar-refractivity contribution in [3.8, 4) is 0 Å². The summed E-state index contributed by atoms with van der Waals surface area (Å²) in [6.45, 7) is 4.10. The number of rotatable bonds is 4. The third kappa shape index (κ3) is 4.26. The van der Waals surface area contributed by atoms with Crippen LogP contribution < -0.4 is 5.32 Å². The van der Waals surface area contributed by atoms with E-state index in [0.717, 1.165) is 19.4 Å². The lowest BCUT2D eigenvalue weighted by Gasteiger charge is -2.30. The van der Waals surface area contributed by atoms with Gasteiger partial charge in [0.25, 0.3) is 0 Å². The van der Waals surface area contributed by atoms with Gasteiger partial charge in [0.05, 0.1) is 5.75 Å². The second-order valence-corrected chi connectivity index (χ2v) is 6.06. The Kier molecular flexibility index (Phi) is 6.75. The molecule has 15 heavy (non-hydrogen) atoms. The third-order valence-electron chi connectivity index (χ3n) is 2.82. The molecule has 1 saturated heterocycles. The monoisotopic (exact) mass is 256 g/mol. The fourth-order valence-electron chi connectivity index (χ4n) is 1.86. The smallest absolute Gasteiger partial charge is 0.213 e. The third-order valence-corrected chi connectivity index (χ3v) is 4.71. The largest absolute Gasteiger partial charge is 0.319 e. The minimum Gasteiger partial charge on any atom is -0.319 e. The zero-order valence-corrected chi connectivity index (χ0v) is 11.0. The van der Waals surface area contributed by atoms with E-state index in [1.807, 2.05) is 7.05 Å². The van der Waals surface area contributed by atoms with Crippen LogP contribution in [0.4, 0.5) is 0 Å². The van der Waals surface area contributed by atoms with E-state index in [9.17, 15) is 8.42 Å². The van der Waals surface area contributed by atoms with Gasteiger partial charge in [0.2, 0.25) is 10.0 Å². The molecule has 1 heterocycles. The first-order chi connectivity index (χ1) is 6.60. The van der Waals surface area contributed by atoms with Crippen LogP contribution in [0.25, 0.3) is 0 Å². The van der Waals surface area contributed by atoms with Crippen molar-refractivity contribution in [3.63, 3.8) is 0 Å². The van der Waals surface area contributed by atoms with Gasteiger partial charge in [0.1, 0.15) is 0 Å². The average molecular weight is 257 g/mol. The lowest BCUT2D eigenvalue weighted by Crippen LogP contribution is -2.41. The highest BCUT2D eigenvalue weighted by Gasteiger charge is 2.25. The quantitative estimate of drug-likeness (QED) is 0.805. The predicted octanol–water partition coefficient (Wildman–Crippen LogP) is 0.689. The molecular formula is C9H21ClN2O2S. The highest BCUT2D eigenvalue weighted by molar-refractivity contribution is 7.89. The molecule has 0 bridgehead atoms. The van der Waals surface area contributed by atoms with Crippen LogP contribution in [0.2, 0.25) is 0 Å². The number of nitrogens with one attached hydrogen (secondary N) is 1. The second-order valence-electron chi connectivity index (χ2n) is 3.80. The molecular weight excluding hydrogens is 236 g/mol. The van der Waals surface area contributed by atoms with Gasteiger partial charge in [0.15, 0.2) is 0 Å². The maximum atomic E-state index is 11.5. The molecule has 0 saturated carbocycles. The maximum absolute atomic E-state index is 11.5. The summed E-state index contributed by atoms with van der Waals surface area (Å²) in [6, 6.07) is 0. The topological polar surface area (TPSA) is 49.4 Å². The van der Waals surface area contributed by atoms with Gasteiger partial charge >= 0.3 is 0 Å². The van der Waals surface area contributed by atoms with Crippen LogP contribution >= 0.6 is 12.4 Å². The molecule has 0 amide bonds. The second kappa shape index (κ2) is 6.68. The van der Waals surface area contributed by atoms with E-state index in [0.29, 0.717) is 19.0 Å². The fourth-order valence-corrected chi connectivity index (χ4v) is 3.00. The van der Waals surface area contributed by atoms with E-state index in [-0.39, 0.29) is 18.2 Å². The molecule has 92 valence electrons. The maximum Gasteiger partial charge on any atom is 0.213 e. The van der Waals surface area contributed by atoms with Gasteiger partial charge in [-0.1, -0.05) is 0 Å². The van der Waals surface area contributed by atoms with Crippen LogP contribution in [0, 0.1) is 5.92 Å². The zero-order chi connectivity index (χ0) is 10.6. The van der Waals surface area contributed by atoms with Gasteiger partial charge in [-0.05, 0) is 39.3 Å². The van der Waals surface area contributed by atoms with E-state index in [2.05, 4.69) is 5.32 Å². The Labute approximate surface area is 98.9 Å². The van der Waals surface area contributed by atoms with E-state index in [1.54, 1.807) is 11.2 Å². The molecule has 0 aliphatic carbocycles. The molecule has 0 aromatic carbocycles. The van der Waals surface area contributed by atoms with Crippen molar-refractivity contribution in [2.75, 3.05) is 32.4 Å². The predicted molar refractivity (Wildman–Crippen MR) is 64.9 cm³/mol. The molecule has 1 rings (SSSR count). The van der Waals surface area contributed by atoms with Crippen LogP contribution in [-0.4, -0.2) is 45.2 Å². The normalized spacial score (nSPS) is 19.9. The number of piperidine rings is 1. The standard InChI is InChI=1S/C9H20N2O2S.ClH/c1-3-14(12,13)11-6-4-9(5-7-11)8-10-2;/h9-10H,3-8H2,1-2H3;1H. The minimum atomic E-state index is -2.95. The van der Waals surface area contributed by atoms with Crippen molar-refractivity contribution >= 4 is 22.4 Å². The molecule has 0 aromatic rings. The van der Waals surface area contributed by atoms with Crippen LogP contribution in [0.15, 0.2) is 0 Å². The summed E-state index contributed by atoms with van der Waals surface area (Å²) in [5, 5.41) is 3.14. The molecule has 0 atom stereocenters. The minimum absolute atomic E-state index is 0. The zero-order valence-electron chi connectivity index (χ0n) is 9.40. The summed E-state index contributed by atoms with van der Waals surface area (Å²) < 4.78 is 24.7. The first-order valence-electron chi connectivity index (χ1n) is 5.22. The first kappa shape index (κ1) is 15.2. The molecule has 6 heteroatoms. The van der Waals surface area contributed by atoms with Gasteiger partial charge in [-0.15, -0.1) is 12.4 Å². The Bertz CT molecular complexity index is 261. The summed E-state index contributed by atoms with van der Waals surface area (Å²) in [5.41, 5.74) is 0. The summed E-state index contributed by atoms with van der Waals surface area (Å²) >= 11 is 0. The van der Waals surface area contributed by atoms with Gasteiger partial charge in [0, 0.05) is 13.1 Å². The fraction of sp³-hybridized carbons (Fsp3) is 1.00.